The molecule has 80 valence electrons. The zero-order valence-corrected chi connectivity index (χ0v) is 8.92. The molecule has 15 heavy (non-hydrogen) atoms. The van der Waals surface area contributed by atoms with Gasteiger partial charge in [-0.1, -0.05) is 23.7 Å². The van der Waals surface area contributed by atoms with Crippen molar-refractivity contribution in [3.05, 3.63) is 40.7 Å². The summed E-state index contributed by atoms with van der Waals surface area (Å²) in [6.07, 6.45) is 1.36. The van der Waals surface area contributed by atoms with Crippen molar-refractivity contribution in [1.29, 1.82) is 0 Å². The van der Waals surface area contributed by atoms with Crippen molar-refractivity contribution < 1.29 is 13.9 Å². The maximum Gasteiger partial charge on any atom is 0.349 e. The van der Waals surface area contributed by atoms with Gasteiger partial charge in [0.1, 0.15) is 10.8 Å². The van der Waals surface area contributed by atoms with E-state index in [2.05, 4.69) is 4.74 Å². The van der Waals surface area contributed by atoms with Crippen LogP contribution in [0, 0.1) is 5.82 Å². The molecular weight excluding hydrogens is 219 g/mol. The van der Waals surface area contributed by atoms with E-state index in [9.17, 15) is 9.18 Å². The predicted octanol–water partition coefficient (Wildman–Crippen LogP) is 2.97. The highest BCUT2D eigenvalue weighted by atomic mass is 35.5. The molecule has 2 nitrogen and oxygen atoms in total. The molecule has 4 heteroatoms. The minimum atomic E-state index is -0.608. The highest BCUT2D eigenvalue weighted by Crippen LogP contribution is 2.12. The molecule has 0 atom stereocenters. The molecule has 0 aliphatic rings. The molecule has 0 saturated carbocycles. The zero-order valence-electron chi connectivity index (χ0n) is 8.17. The number of halogens is 2. The number of hydrogen-bond donors (Lipinski definition) is 0. The van der Waals surface area contributed by atoms with Gasteiger partial charge in [0, 0.05) is 0 Å². The molecule has 0 aliphatic heterocycles. The minimum absolute atomic E-state index is 0.0672. The van der Waals surface area contributed by atoms with E-state index in [4.69, 9.17) is 11.6 Å². The molecule has 1 aromatic carbocycles. The Balaban J connectivity index is 2.82. The summed E-state index contributed by atoms with van der Waals surface area (Å²) in [4.78, 5) is 11.1. The van der Waals surface area contributed by atoms with Crippen molar-refractivity contribution in [3.8, 4) is 0 Å². The lowest BCUT2D eigenvalue weighted by atomic mass is 10.2. The van der Waals surface area contributed by atoms with E-state index < -0.39 is 5.97 Å². The van der Waals surface area contributed by atoms with Gasteiger partial charge in [0.15, 0.2) is 0 Å². The number of rotatable bonds is 3. The van der Waals surface area contributed by atoms with Crippen molar-refractivity contribution in [3.63, 3.8) is 0 Å². The van der Waals surface area contributed by atoms with E-state index >= 15 is 0 Å². The number of carbonyl (C=O) groups is 1. The monoisotopic (exact) mass is 228 g/mol. The Kier molecular flexibility index (Phi) is 4.31. The lowest BCUT2D eigenvalue weighted by molar-refractivity contribution is -0.137. The Morgan fingerprint density at radius 1 is 1.60 bits per heavy atom. The van der Waals surface area contributed by atoms with E-state index in [0.29, 0.717) is 5.56 Å². The maximum atomic E-state index is 12.8. The quantitative estimate of drug-likeness (QED) is 0.587. The first-order valence-electron chi connectivity index (χ1n) is 4.43. The topological polar surface area (TPSA) is 26.3 Å². The molecule has 0 radical (unpaired) electrons. The van der Waals surface area contributed by atoms with Gasteiger partial charge < -0.3 is 4.74 Å². The van der Waals surface area contributed by atoms with Crippen molar-refractivity contribution in [1.82, 2.24) is 0 Å². The van der Waals surface area contributed by atoms with Crippen molar-refractivity contribution in [2.75, 3.05) is 6.61 Å². The molecular formula is C11H10ClFO2. The molecule has 1 rings (SSSR count). The fourth-order valence-electron chi connectivity index (χ4n) is 1.00. The molecule has 0 fully saturated rings. The average Bonchev–Trinajstić information content (AvgIpc) is 2.18. The Morgan fingerprint density at radius 2 is 2.33 bits per heavy atom. The highest BCUT2D eigenvalue weighted by molar-refractivity contribution is 6.43. The number of hydrogen-bond acceptors (Lipinski definition) is 2. The van der Waals surface area contributed by atoms with Crippen molar-refractivity contribution in [2.45, 2.75) is 6.92 Å². The summed E-state index contributed by atoms with van der Waals surface area (Å²) >= 11 is 5.66. The van der Waals surface area contributed by atoms with Crippen LogP contribution in [0.25, 0.3) is 6.08 Å². The SMILES string of the molecule is CCOC(=O)C(Cl)=Cc1cccc(F)c1. The number of carbonyl (C=O) groups excluding carboxylic acids is 1. The lowest BCUT2D eigenvalue weighted by Gasteiger charge is -1.99. The van der Waals surface area contributed by atoms with Crippen LogP contribution in [0.5, 0.6) is 0 Å². The third-order valence-corrected chi connectivity index (χ3v) is 1.88. The van der Waals surface area contributed by atoms with Crippen LogP contribution in [0.1, 0.15) is 12.5 Å². The standard InChI is InChI=1S/C11H10ClFO2/c1-2-15-11(14)10(12)7-8-4-3-5-9(13)6-8/h3-7H,2H2,1H3. The van der Waals surface area contributed by atoms with Crippen LogP contribution in [0.4, 0.5) is 4.39 Å². The first-order valence-corrected chi connectivity index (χ1v) is 4.81. The Labute approximate surface area is 92.3 Å². The Bertz CT molecular complexity index is 388. The van der Waals surface area contributed by atoms with E-state index in [1.54, 1.807) is 13.0 Å². The van der Waals surface area contributed by atoms with Crippen LogP contribution < -0.4 is 0 Å². The van der Waals surface area contributed by atoms with Gasteiger partial charge in [-0.05, 0) is 30.7 Å². The molecule has 0 saturated heterocycles. The van der Waals surface area contributed by atoms with E-state index in [0.717, 1.165) is 0 Å². The summed E-state index contributed by atoms with van der Waals surface area (Å²) < 4.78 is 17.5. The Morgan fingerprint density at radius 3 is 2.93 bits per heavy atom. The van der Waals surface area contributed by atoms with Crippen LogP contribution in [0.2, 0.25) is 0 Å². The maximum absolute atomic E-state index is 12.8. The molecule has 0 heterocycles. The van der Waals surface area contributed by atoms with Gasteiger partial charge in [-0.3, -0.25) is 0 Å². The van der Waals surface area contributed by atoms with Gasteiger partial charge in [0.25, 0.3) is 0 Å². The molecule has 0 aliphatic carbocycles. The summed E-state index contributed by atoms with van der Waals surface area (Å²) in [6.45, 7) is 1.94. The number of ether oxygens (including phenoxy) is 1. The van der Waals surface area contributed by atoms with Gasteiger partial charge in [0.05, 0.1) is 6.61 Å². The third-order valence-electron chi connectivity index (χ3n) is 1.61. The lowest BCUT2D eigenvalue weighted by Crippen LogP contribution is -2.03. The molecule has 0 bridgehead atoms. The summed E-state index contributed by atoms with van der Waals surface area (Å²) in [5.74, 6) is -0.986. The molecule has 0 N–H and O–H groups in total. The average molecular weight is 229 g/mol. The summed E-state index contributed by atoms with van der Waals surface area (Å²) in [5.41, 5.74) is 0.521. The number of benzene rings is 1. The van der Waals surface area contributed by atoms with Crippen LogP contribution in [0.15, 0.2) is 29.3 Å². The largest absolute Gasteiger partial charge is 0.462 e. The summed E-state index contributed by atoms with van der Waals surface area (Å²) in [6, 6.07) is 5.78. The van der Waals surface area contributed by atoms with Crippen molar-refractivity contribution >= 4 is 23.6 Å². The smallest absolute Gasteiger partial charge is 0.349 e. The van der Waals surface area contributed by atoms with E-state index in [-0.39, 0.29) is 17.5 Å². The van der Waals surface area contributed by atoms with Gasteiger partial charge in [-0.25, -0.2) is 9.18 Å². The zero-order chi connectivity index (χ0) is 11.3. The second kappa shape index (κ2) is 5.51. The molecule has 0 spiro atoms. The van der Waals surface area contributed by atoms with Gasteiger partial charge >= 0.3 is 5.97 Å². The van der Waals surface area contributed by atoms with E-state index in [1.807, 2.05) is 0 Å². The minimum Gasteiger partial charge on any atom is -0.462 e. The fourth-order valence-corrected chi connectivity index (χ4v) is 1.18. The highest BCUT2D eigenvalue weighted by Gasteiger charge is 2.06. The third kappa shape index (κ3) is 3.72. The normalized spacial score (nSPS) is 11.3. The summed E-state index contributed by atoms with van der Waals surface area (Å²) in [7, 11) is 0. The van der Waals surface area contributed by atoms with E-state index in [1.165, 1.54) is 24.3 Å². The Hall–Kier alpha value is -1.35. The fraction of sp³-hybridized carbons (Fsp3) is 0.182. The van der Waals surface area contributed by atoms with Crippen LogP contribution in [-0.4, -0.2) is 12.6 Å². The van der Waals surface area contributed by atoms with Crippen LogP contribution in [0.3, 0.4) is 0 Å². The first kappa shape index (κ1) is 11.7. The summed E-state index contributed by atoms with van der Waals surface area (Å²) in [5, 5.41) is -0.0672. The molecule has 1 aromatic rings. The van der Waals surface area contributed by atoms with Crippen molar-refractivity contribution in [2.24, 2.45) is 0 Å². The van der Waals surface area contributed by atoms with Crippen LogP contribution >= 0.6 is 11.6 Å². The molecule has 0 amide bonds. The first-order chi connectivity index (χ1) is 7.13. The molecule has 0 aromatic heterocycles. The van der Waals surface area contributed by atoms with Crippen LogP contribution in [-0.2, 0) is 9.53 Å². The second-order valence-corrected chi connectivity index (χ2v) is 3.17. The number of esters is 1. The molecule has 0 unspecified atom stereocenters. The van der Waals surface area contributed by atoms with Gasteiger partial charge in [0.2, 0.25) is 0 Å². The predicted molar refractivity (Wildman–Crippen MR) is 56.9 cm³/mol. The van der Waals surface area contributed by atoms with Gasteiger partial charge in [-0.15, -0.1) is 0 Å². The van der Waals surface area contributed by atoms with Gasteiger partial charge in [-0.2, -0.15) is 0 Å². The second-order valence-electron chi connectivity index (χ2n) is 2.77.